The zero-order chi connectivity index (χ0) is 25.4. The Balaban J connectivity index is 1.60. The Labute approximate surface area is 212 Å². The highest BCUT2D eigenvalue weighted by Crippen LogP contribution is 2.41. The van der Waals surface area contributed by atoms with E-state index < -0.39 is 6.10 Å². The van der Waals surface area contributed by atoms with E-state index in [2.05, 4.69) is 4.57 Å². The number of methoxy groups -OCH3 is 1. The van der Waals surface area contributed by atoms with Gasteiger partial charge in [0.1, 0.15) is 17.7 Å². The summed E-state index contributed by atoms with van der Waals surface area (Å²) in [6.45, 7) is 3.72. The molecular formula is C29H35N3O4. The lowest BCUT2D eigenvalue weighted by Crippen LogP contribution is -2.42. The number of fused-ring (bicyclic) bond motifs is 3. The predicted octanol–water partition coefficient (Wildman–Crippen LogP) is 5.54. The maximum Gasteiger partial charge on any atom is 0.414 e. The normalized spacial score (nSPS) is 22.8. The molecule has 0 unspecified atom stereocenters. The van der Waals surface area contributed by atoms with Gasteiger partial charge in [-0.1, -0.05) is 30.3 Å². The van der Waals surface area contributed by atoms with Gasteiger partial charge >= 0.3 is 6.09 Å². The molecule has 190 valence electrons. The van der Waals surface area contributed by atoms with Gasteiger partial charge in [0.25, 0.3) is 0 Å². The van der Waals surface area contributed by atoms with Gasteiger partial charge in [-0.15, -0.1) is 0 Å². The molecule has 1 aliphatic carbocycles. The van der Waals surface area contributed by atoms with E-state index in [1.807, 2.05) is 49.4 Å². The Morgan fingerprint density at radius 3 is 2.47 bits per heavy atom. The molecule has 0 radical (unpaired) electrons. The van der Waals surface area contributed by atoms with Gasteiger partial charge in [-0.25, -0.2) is 9.78 Å². The molecule has 2 heterocycles. The van der Waals surface area contributed by atoms with Crippen LogP contribution in [0.3, 0.4) is 0 Å². The summed E-state index contributed by atoms with van der Waals surface area (Å²) in [4.78, 5) is 31.4. The number of carbonyl (C=O) groups excluding carboxylic acids is 2. The molecule has 2 aliphatic rings. The van der Waals surface area contributed by atoms with Crippen molar-refractivity contribution in [1.82, 2.24) is 9.55 Å². The largest absolute Gasteiger partial charge is 0.452 e. The Hall–Kier alpha value is -3.19. The number of Topliss-reactive ketones (excluding diaryl/α,β-unsaturated/α-hetero) is 1. The first-order valence-electron chi connectivity index (χ1n) is 13.0. The van der Waals surface area contributed by atoms with E-state index in [-0.39, 0.29) is 29.9 Å². The predicted molar refractivity (Wildman–Crippen MR) is 139 cm³/mol. The van der Waals surface area contributed by atoms with Crippen LogP contribution < -0.4 is 4.90 Å². The number of aliphatic hydroxyl groups is 1. The van der Waals surface area contributed by atoms with Gasteiger partial charge in [-0.3, -0.25) is 9.69 Å². The molecule has 5 rings (SSSR count). The maximum atomic E-state index is 12.6. The minimum Gasteiger partial charge on any atom is -0.452 e. The average Bonchev–Trinajstić information content (AvgIpc) is 3.29. The summed E-state index contributed by atoms with van der Waals surface area (Å²) in [6.07, 6.45) is 4.43. The van der Waals surface area contributed by atoms with Crippen molar-refractivity contribution in [2.24, 2.45) is 5.92 Å². The zero-order valence-corrected chi connectivity index (χ0v) is 21.3. The third kappa shape index (κ3) is 4.41. The number of amides is 1. The highest BCUT2D eigenvalue weighted by Gasteiger charge is 2.34. The lowest BCUT2D eigenvalue weighted by atomic mass is 9.83. The molecule has 0 spiro atoms. The molecule has 7 heteroatoms. The van der Waals surface area contributed by atoms with Crippen LogP contribution in [0.25, 0.3) is 11.0 Å². The fourth-order valence-electron chi connectivity index (χ4n) is 6.08. The summed E-state index contributed by atoms with van der Waals surface area (Å²) in [5, 5.41) is 11.4. The molecule has 3 aromatic rings. The summed E-state index contributed by atoms with van der Waals surface area (Å²) in [5.41, 5.74) is 4.75. The van der Waals surface area contributed by atoms with Crippen molar-refractivity contribution in [3.05, 3.63) is 59.4 Å². The highest BCUT2D eigenvalue weighted by molar-refractivity contribution is 5.95. The number of hydrogen-bond acceptors (Lipinski definition) is 5. The van der Waals surface area contributed by atoms with Crippen molar-refractivity contribution in [3.63, 3.8) is 0 Å². The number of aliphatic hydroxyl groups excluding tert-OH is 1. The number of imidazole rings is 1. The maximum absolute atomic E-state index is 12.6. The Bertz CT molecular complexity index is 1260. The van der Waals surface area contributed by atoms with Crippen LogP contribution in [0.4, 0.5) is 10.5 Å². The summed E-state index contributed by atoms with van der Waals surface area (Å²) in [5.74, 6) is 1.05. The monoisotopic (exact) mass is 489 g/mol. The minimum absolute atomic E-state index is 0.0366. The van der Waals surface area contributed by atoms with Crippen LogP contribution in [0.1, 0.15) is 75.0 Å². The highest BCUT2D eigenvalue weighted by atomic mass is 16.5. The summed E-state index contributed by atoms with van der Waals surface area (Å²) < 4.78 is 7.30. The van der Waals surface area contributed by atoms with E-state index in [1.165, 1.54) is 7.11 Å². The Kier molecular flexibility index (Phi) is 6.84. The second kappa shape index (κ2) is 10.1. The Morgan fingerprint density at radius 1 is 1.08 bits per heavy atom. The van der Waals surface area contributed by atoms with E-state index in [1.54, 1.807) is 11.8 Å². The van der Waals surface area contributed by atoms with Gasteiger partial charge in [0.2, 0.25) is 0 Å². The molecule has 1 aliphatic heterocycles. The summed E-state index contributed by atoms with van der Waals surface area (Å²) in [7, 11) is 1.41. The second-order valence-corrected chi connectivity index (χ2v) is 10.3. The molecule has 0 bridgehead atoms. The third-order valence-corrected chi connectivity index (χ3v) is 8.06. The van der Waals surface area contributed by atoms with Crippen molar-refractivity contribution >= 4 is 28.6 Å². The number of ether oxygens (including phenoxy) is 1. The molecule has 36 heavy (non-hydrogen) atoms. The lowest BCUT2D eigenvalue weighted by molar-refractivity contribution is -0.121. The van der Waals surface area contributed by atoms with Crippen LogP contribution >= 0.6 is 0 Å². The number of rotatable bonds is 5. The number of carbonyl (C=O) groups is 2. The number of nitrogens with zero attached hydrogens (tertiary/aromatic N) is 3. The number of benzene rings is 2. The van der Waals surface area contributed by atoms with Gasteiger partial charge in [-0.2, -0.15) is 0 Å². The second-order valence-electron chi connectivity index (χ2n) is 10.3. The van der Waals surface area contributed by atoms with Crippen LogP contribution in [-0.4, -0.2) is 39.7 Å². The SMILES string of the molecule is COC(=O)N1c2ccc3c(nc([C@H](O)Cc4ccccc4)n3C3CCC(C(C)=O)CC3)c2CC[C@@H]1C. The van der Waals surface area contributed by atoms with Gasteiger partial charge in [0, 0.05) is 30.0 Å². The van der Waals surface area contributed by atoms with Crippen molar-refractivity contribution in [1.29, 1.82) is 0 Å². The molecule has 1 amide bonds. The smallest absolute Gasteiger partial charge is 0.414 e. The lowest BCUT2D eigenvalue weighted by Gasteiger charge is -2.34. The van der Waals surface area contributed by atoms with Gasteiger partial charge in [-0.05, 0) is 70.1 Å². The summed E-state index contributed by atoms with van der Waals surface area (Å²) >= 11 is 0. The standard InChI is InChI=1S/C29H35N3O4/c1-18-9-14-23-24(31(18)29(35)36-3)15-16-25-27(23)30-28(26(34)17-20-7-5-4-6-8-20)32(25)22-12-10-21(11-13-22)19(2)33/h4-8,15-16,18,21-22,26,34H,9-14,17H2,1-3H3/t18-,21?,22?,26+/m0/s1. The quantitative estimate of drug-likeness (QED) is 0.509. The fourth-order valence-corrected chi connectivity index (χ4v) is 6.08. The first-order valence-corrected chi connectivity index (χ1v) is 13.0. The van der Waals surface area contributed by atoms with E-state index in [0.717, 1.165) is 66.4 Å². The molecule has 1 fully saturated rings. The fraction of sp³-hybridized carbons (Fsp3) is 0.483. The van der Waals surface area contributed by atoms with E-state index >= 15 is 0 Å². The average molecular weight is 490 g/mol. The number of anilines is 1. The minimum atomic E-state index is -0.764. The first-order chi connectivity index (χ1) is 17.4. The number of hydrogen-bond donors (Lipinski definition) is 1. The van der Waals surface area contributed by atoms with Crippen molar-refractivity contribution in [3.8, 4) is 0 Å². The van der Waals surface area contributed by atoms with Crippen LogP contribution in [-0.2, 0) is 22.4 Å². The molecular weight excluding hydrogens is 454 g/mol. The van der Waals surface area contributed by atoms with Crippen LogP contribution in [0, 0.1) is 5.92 Å². The first kappa shape index (κ1) is 24.5. The molecule has 7 nitrogen and oxygen atoms in total. The van der Waals surface area contributed by atoms with E-state index in [0.29, 0.717) is 12.2 Å². The van der Waals surface area contributed by atoms with Gasteiger partial charge < -0.3 is 14.4 Å². The zero-order valence-electron chi connectivity index (χ0n) is 21.3. The molecule has 2 aromatic carbocycles. The molecule has 1 N–H and O–H groups in total. The van der Waals surface area contributed by atoms with Gasteiger partial charge in [0.15, 0.2) is 0 Å². The molecule has 2 atom stereocenters. The van der Waals surface area contributed by atoms with Gasteiger partial charge in [0.05, 0.1) is 23.8 Å². The van der Waals surface area contributed by atoms with Crippen LogP contribution in [0.15, 0.2) is 42.5 Å². The number of aromatic nitrogens is 2. The number of ketones is 1. The Morgan fingerprint density at radius 2 is 1.81 bits per heavy atom. The molecule has 1 aromatic heterocycles. The van der Waals surface area contributed by atoms with E-state index in [4.69, 9.17) is 9.72 Å². The van der Waals surface area contributed by atoms with E-state index in [9.17, 15) is 14.7 Å². The van der Waals surface area contributed by atoms with Crippen LogP contribution in [0.5, 0.6) is 0 Å². The van der Waals surface area contributed by atoms with Crippen molar-refractivity contribution < 1.29 is 19.4 Å². The summed E-state index contributed by atoms with van der Waals surface area (Å²) in [6, 6.07) is 14.2. The topological polar surface area (TPSA) is 84.7 Å². The molecule has 0 saturated heterocycles. The van der Waals surface area contributed by atoms with Crippen molar-refractivity contribution in [2.75, 3.05) is 12.0 Å². The number of aryl methyl sites for hydroxylation is 1. The molecule has 1 saturated carbocycles. The van der Waals surface area contributed by atoms with Crippen molar-refractivity contribution in [2.45, 2.75) is 77.0 Å². The third-order valence-electron chi connectivity index (χ3n) is 8.06. The van der Waals surface area contributed by atoms with Crippen LogP contribution in [0.2, 0.25) is 0 Å².